The maximum Gasteiger partial charge on any atom is 0.170 e. The zero-order valence-electron chi connectivity index (χ0n) is 13.4. The van der Waals surface area contributed by atoms with Crippen LogP contribution in [-0.2, 0) is 0 Å². The second-order valence-electron chi connectivity index (χ2n) is 5.45. The minimum absolute atomic E-state index is 1.17. The van der Waals surface area contributed by atoms with Gasteiger partial charge in [-0.25, -0.2) is 0 Å². The summed E-state index contributed by atoms with van der Waals surface area (Å²) in [5.74, 6) is 1.17. The lowest BCUT2D eigenvalue weighted by Gasteiger charge is -2.25. The molecule has 3 aromatic rings. The zero-order chi connectivity index (χ0) is 16.0. The molecule has 116 valence electrons. The molecule has 0 fully saturated rings. The molecule has 0 saturated heterocycles. The highest BCUT2D eigenvalue weighted by atomic mass is 32.7. The monoisotopic (exact) mass is 337 g/mol. The van der Waals surface area contributed by atoms with Gasteiger partial charge in [0, 0.05) is 17.1 Å². The molecular formula is C21H22PS+. The van der Waals surface area contributed by atoms with Crippen molar-refractivity contribution in [3.63, 3.8) is 0 Å². The van der Waals surface area contributed by atoms with E-state index in [9.17, 15) is 0 Å². The summed E-state index contributed by atoms with van der Waals surface area (Å²) in [6.45, 7) is 0.613. The first kappa shape index (κ1) is 16.3. The van der Waals surface area contributed by atoms with E-state index < -0.39 is 6.46 Å². The number of benzene rings is 3. The highest BCUT2D eigenvalue weighted by Gasteiger charge is 2.46. The minimum atomic E-state index is -1.65. The molecule has 0 aromatic heterocycles. The van der Waals surface area contributed by atoms with Crippen LogP contribution in [0.2, 0.25) is 0 Å². The van der Waals surface area contributed by atoms with Crippen LogP contribution in [0.15, 0.2) is 91.0 Å². The van der Waals surface area contributed by atoms with E-state index in [1.54, 1.807) is 0 Å². The second-order valence-corrected chi connectivity index (χ2v) is 11.3. The maximum absolute atomic E-state index is 2.30. The molecule has 0 unspecified atom stereocenters. The van der Waals surface area contributed by atoms with Crippen LogP contribution in [0.4, 0.5) is 0 Å². The Labute approximate surface area is 144 Å². The van der Waals surface area contributed by atoms with Gasteiger partial charge in [0.2, 0.25) is 0 Å². The fourth-order valence-electron chi connectivity index (χ4n) is 2.81. The second kappa shape index (κ2) is 7.81. The molecule has 0 heterocycles. The molecule has 3 aromatic carbocycles. The van der Waals surface area contributed by atoms with E-state index in [4.69, 9.17) is 0 Å². The lowest BCUT2D eigenvalue weighted by atomic mass is 10.4. The van der Waals surface area contributed by atoms with Crippen LogP contribution in [0.5, 0.6) is 0 Å². The predicted molar refractivity (Wildman–Crippen MR) is 108 cm³/mol. The summed E-state index contributed by atoms with van der Waals surface area (Å²) in [5.41, 5.74) is 0. The summed E-state index contributed by atoms with van der Waals surface area (Å²) in [7, 11) is 0. The fourth-order valence-corrected chi connectivity index (χ4v) is 10.2. The quantitative estimate of drug-likeness (QED) is 0.568. The molecule has 0 atom stereocenters. The highest BCUT2D eigenvalue weighted by Crippen LogP contribution is 2.66. The molecule has 0 radical (unpaired) electrons. The van der Waals surface area contributed by atoms with Gasteiger partial charge in [-0.05, 0) is 42.8 Å². The standard InChI is InChI=1S/C21H22PS/c1-2-18-23-22(19-12-6-3-7-13-19,20-14-8-4-9-15-20)21-16-10-5-11-17-21/h3-17H,2,18H2,1H3/q+1. The Morgan fingerprint density at radius 2 is 0.957 bits per heavy atom. The number of hydrogen-bond donors (Lipinski definition) is 0. The van der Waals surface area contributed by atoms with Crippen molar-refractivity contribution < 1.29 is 0 Å². The number of rotatable bonds is 6. The SMILES string of the molecule is CCCS[P+](c1ccccc1)(c1ccccc1)c1ccccc1. The molecular weight excluding hydrogens is 315 g/mol. The van der Waals surface area contributed by atoms with Crippen molar-refractivity contribution in [2.75, 3.05) is 5.75 Å². The maximum atomic E-state index is 2.30. The third-order valence-corrected chi connectivity index (χ3v) is 11.5. The first-order chi connectivity index (χ1) is 11.4. The van der Waals surface area contributed by atoms with Crippen LogP contribution in [0, 0.1) is 0 Å². The van der Waals surface area contributed by atoms with Crippen molar-refractivity contribution in [2.24, 2.45) is 0 Å². The molecule has 0 aliphatic carbocycles. The molecule has 0 saturated carbocycles. The van der Waals surface area contributed by atoms with Crippen molar-refractivity contribution >= 4 is 33.8 Å². The molecule has 0 bridgehead atoms. The number of hydrogen-bond acceptors (Lipinski definition) is 1. The molecule has 0 aliphatic rings. The van der Waals surface area contributed by atoms with Gasteiger partial charge in [-0.15, -0.1) is 0 Å². The summed E-state index contributed by atoms with van der Waals surface area (Å²) in [6, 6.07) is 33.2. The third kappa shape index (κ3) is 3.37. The van der Waals surface area contributed by atoms with Crippen molar-refractivity contribution in [2.45, 2.75) is 13.3 Å². The molecule has 0 spiro atoms. The Hall–Kier alpha value is -1.56. The van der Waals surface area contributed by atoms with Gasteiger partial charge >= 0.3 is 0 Å². The Bertz CT molecular complexity index is 614. The van der Waals surface area contributed by atoms with Gasteiger partial charge in [0.1, 0.15) is 15.9 Å². The normalized spacial score (nSPS) is 11.3. The molecule has 0 nitrogen and oxygen atoms in total. The van der Waals surface area contributed by atoms with Gasteiger partial charge in [0.05, 0.1) is 0 Å². The predicted octanol–water partition coefficient (Wildman–Crippen LogP) is 5.04. The molecule has 0 N–H and O–H groups in total. The average Bonchev–Trinajstić information content (AvgIpc) is 2.65. The highest BCUT2D eigenvalue weighted by molar-refractivity contribution is 8.69. The van der Waals surface area contributed by atoms with Gasteiger partial charge in [0.15, 0.2) is 6.46 Å². The summed E-state index contributed by atoms with van der Waals surface area (Å²) in [4.78, 5) is 0. The summed E-state index contributed by atoms with van der Waals surface area (Å²) >= 11 is 2.14. The largest absolute Gasteiger partial charge is 0.170 e. The van der Waals surface area contributed by atoms with E-state index in [-0.39, 0.29) is 0 Å². The molecule has 2 heteroatoms. The van der Waals surface area contributed by atoms with E-state index in [1.807, 2.05) is 0 Å². The first-order valence-corrected chi connectivity index (χ1v) is 11.5. The van der Waals surface area contributed by atoms with E-state index in [0.29, 0.717) is 0 Å². The van der Waals surface area contributed by atoms with Gasteiger partial charge in [0.25, 0.3) is 0 Å². The van der Waals surface area contributed by atoms with Crippen molar-refractivity contribution in [1.29, 1.82) is 0 Å². The Morgan fingerprint density at radius 3 is 1.26 bits per heavy atom. The van der Waals surface area contributed by atoms with E-state index in [2.05, 4.69) is 109 Å². The Kier molecular flexibility index (Phi) is 5.54. The van der Waals surface area contributed by atoms with Gasteiger partial charge in [-0.3, -0.25) is 0 Å². The Balaban J connectivity index is 2.25. The van der Waals surface area contributed by atoms with E-state index >= 15 is 0 Å². The van der Waals surface area contributed by atoms with Gasteiger partial charge < -0.3 is 0 Å². The molecule has 0 amide bonds. The summed E-state index contributed by atoms with van der Waals surface area (Å²) < 4.78 is 0. The van der Waals surface area contributed by atoms with Crippen LogP contribution in [0.25, 0.3) is 0 Å². The van der Waals surface area contributed by atoms with E-state index in [1.165, 1.54) is 28.1 Å². The van der Waals surface area contributed by atoms with Crippen molar-refractivity contribution in [3.05, 3.63) is 91.0 Å². The summed E-state index contributed by atoms with van der Waals surface area (Å²) in [6.07, 6.45) is 1.19. The molecule has 0 aliphatic heterocycles. The third-order valence-electron chi connectivity index (χ3n) is 3.85. The smallest absolute Gasteiger partial charge is 0.0645 e. The van der Waals surface area contributed by atoms with Crippen LogP contribution in [0.3, 0.4) is 0 Å². The average molecular weight is 337 g/mol. The minimum Gasteiger partial charge on any atom is -0.0645 e. The lowest BCUT2D eigenvalue weighted by molar-refractivity contribution is 1.11. The van der Waals surface area contributed by atoms with Crippen LogP contribution < -0.4 is 15.9 Å². The van der Waals surface area contributed by atoms with E-state index in [0.717, 1.165) is 0 Å². The zero-order valence-corrected chi connectivity index (χ0v) is 15.1. The Morgan fingerprint density at radius 1 is 0.609 bits per heavy atom. The van der Waals surface area contributed by atoms with Gasteiger partial charge in [-0.1, -0.05) is 61.5 Å². The first-order valence-electron chi connectivity index (χ1n) is 8.08. The lowest BCUT2D eigenvalue weighted by Crippen LogP contribution is -2.29. The molecule has 3 rings (SSSR count). The summed E-state index contributed by atoms with van der Waals surface area (Å²) in [5, 5.41) is 4.36. The van der Waals surface area contributed by atoms with Crippen LogP contribution in [-0.4, -0.2) is 5.75 Å². The van der Waals surface area contributed by atoms with Crippen molar-refractivity contribution in [3.8, 4) is 0 Å². The van der Waals surface area contributed by atoms with Crippen LogP contribution in [0.1, 0.15) is 13.3 Å². The van der Waals surface area contributed by atoms with Crippen molar-refractivity contribution in [1.82, 2.24) is 0 Å². The van der Waals surface area contributed by atoms with Crippen LogP contribution >= 0.6 is 17.8 Å². The topological polar surface area (TPSA) is 0 Å². The fraction of sp³-hybridized carbons (Fsp3) is 0.143. The molecule has 23 heavy (non-hydrogen) atoms. The van der Waals surface area contributed by atoms with Gasteiger partial charge in [-0.2, -0.15) is 0 Å².